The van der Waals surface area contributed by atoms with Crippen molar-refractivity contribution < 1.29 is 24.5 Å². The number of nitrogens with one attached hydrogen (secondary N) is 1. The van der Waals surface area contributed by atoms with Crippen LogP contribution in [0.4, 0.5) is 0 Å². The van der Waals surface area contributed by atoms with Crippen molar-refractivity contribution in [2.75, 3.05) is 13.2 Å². The summed E-state index contributed by atoms with van der Waals surface area (Å²) in [4.78, 5) is 15.2. The lowest BCUT2D eigenvalue weighted by Crippen LogP contribution is -2.43. The Morgan fingerprint density at radius 2 is 2.29 bits per heavy atom. The second-order valence-electron chi connectivity index (χ2n) is 8.23. The number of hydrogen-bond donors (Lipinski definition) is 3. The smallest absolute Gasteiger partial charge is 0.306 e. The third-order valence-corrected chi connectivity index (χ3v) is 6.47. The Morgan fingerprint density at radius 1 is 1.48 bits per heavy atom. The molecule has 0 saturated carbocycles. The summed E-state index contributed by atoms with van der Waals surface area (Å²) in [5, 5.41) is 25.4. The summed E-state index contributed by atoms with van der Waals surface area (Å²) >= 11 is 0. The van der Waals surface area contributed by atoms with Crippen LogP contribution in [0.1, 0.15) is 43.5 Å². The largest absolute Gasteiger partial charge is 0.507 e. The van der Waals surface area contributed by atoms with Gasteiger partial charge >= 0.3 is 5.97 Å². The van der Waals surface area contributed by atoms with Gasteiger partial charge in [0, 0.05) is 29.4 Å². The van der Waals surface area contributed by atoms with E-state index in [4.69, 9.17) is 9.47 Å². The molecule has 0 radical (unpaired) electrons. The number of ether oxygens (including phenoxy) is 2. The van der Waals surface area contributed by atoms with E-state index in [-0.39, 0.29) is 18.1 Å². The summed E-state index contributed by atoms with van der Waals surface area (Å²) < 4.78 is 13.9. The van der Waals surface area contributed by atoms with E-state index < -0.39 is 11.6 Å². The minimum atomic E-state index is -0.951. The van der Waals surface area contributed by atoms with Gasteiger partial charge in [-0.3, -0.25) is 9.48 Å². The van der Waals surface area contributed by atoms with Crippen molar-refractivity contribution in [3.63, 3.8) is 0 Å². The first-order chi connectivity index (χ1) is 14.9. The van der Waals surface area contributed by atoms with E-state index in [0.29, 0.717) is 31.9 Å². The van der Waals surface area contributed by atoms with Gasteiger partial charge in [0.2, 0.25) is 0 Å². The zero-order valence-electron chi connectivity index (χ0n) is 18.1. The molecule has 0 saturated heterocycles. The van der Waals surface area contributed by atoms with Crippen LogP contribution >= 0.6 is 0 Å². The maximum absolute atomic E-state index is 11.8. The molecule has 0 amide bonds. The number of phenols is 1. The van der Waals surface area contributed by atoms with E-state index in [2.05, 4.69) is 10.1 Å². The van der Waals surface area contributed by atoms with Crippen molar-refractivity contribution in [3.8, 4) is 11.5 Å². The highest BCUT2D eigenvalue weighted by Gasteiger charge is 2.46. The molecule has 4 rings (SSSR count). The van der Waals surface area contributed by atoms with E-state index in [1.165, 1.54) is 0 Å². The number of hydrogen-bond acceptors (Lipinski definition) is 5. The predicted octanol–water partition coefficient (Wildman–Crippen LogP) is 3.75. The lowest BCUT2D eigenvalue weighted by atomic mass is 9.77. The van der Waals surface area contributed by atoms with Crippen molar-refractivity contribution >= 4 is 16.9 Å². The monoisotopic (exact) mass is 427 g/mol. The van der Waals surface area contributed by atoms with Crippen LogP contribution in [-0.4, -0.2) is 44.2 Å². The Bertz CT molecular complexity index is 1090. The summed E-state index contributed by atoms with van der Waals surface area (Å²) in [6.45, 7) is 7.40. The molecule has 3 aromatic rings. The molecule has 1 aliphatic rings. The zero-order chi connectivity index (χ0) is 22.2. The molecule has 166 valence electrons. The molecule has 0 fully saturated rings. The lowest BCUT2D eigenvalue weighted by molar-refractivity contribution is -0.155. The second kappa shape index (κ2) is 8.26. The first-order valence-electron chi connectivity index (χ1n) is 10.7. The SMILES string of the molecule is CC[C@H](C)[C@]1(CC(=O)O)OCCc2c1[nH]c1c(C)c(OCCn3cccn3)cc(O)c21. The molecular weight excluding hydrogens is 398 g/mol. The van der Waals surface area contributed by atoms with Crippen molar-refractivity contribution in [2.45, 2.75) is 52.2 Å². The summed E-state index contributed by atoms with van der Waals surface area (Å²) in [5.41, 5.74) is 2.38. The number of carboxylic acids is 1. The Kier molecular flexibility index (Phi) is 5.66. The van der Waals surface area contributed by atoms with Crippen molar-refractivity contribution in [2.24, 2.45) is 5.92 Å². The third-order valence-electron chi connectivity index (χ3n) is 6.47. The van der Waals surface area contributed by atoms with Crippen LogP contribution in [0, 0.1) is 12.8 Å². The molecule has 0 aliphatic carbocycles. The Labute approximate surface area is 180 Å². The second-order valence-corrected chi connectivity index (χ2v) is 8.23. The van der Waals surface area contributed by atoms with Crippen molar-refractivity contribution in [1.29, 1.82) is 0 Å². The van der Waals surface area contributed by atoms with Gasteiger partial charge in [0.25, 0.3) is 0 Å². The van der Waals surface area contributed by atoms with E-state index >= 15 is 0 Å². The van der Waals surface area contributed by atoms with Gasteiger partial charge < -0.3 is 24.7 Å². The summed E-state index contributed by atoms with van der Waals surface area (Å²) in [6.07, 6.45) is 4.84. The fourth-order valence-corrected chi connectivity index (χ4v) is 4.64. The highest BCUT2D eigenvalue weighted by molar-refractivity contribution is 5.95. The van der Waals surface area contributed by atoms with Crippen molar-refractivity contribution in [3.05, 3.63) is 41.3 Å². The average Bonchev–Trinajstić information content (AvgIpc) is 3.39. The number of nitrogens with zero attached hydrogens (tertiary/aromatic N) is 2. The summed E-state index contributed by atoms with van der Waals surface area (Å²) in [7, 11) is 0. The Hall–Kier alpha value is -3.00. The van der Waals surface area contributed by atoms with Crippen LogP contribution in [0.3, 0.4) is 0 Å². The molecule has 0 spiro atoms. The number of rotatable bonds is 8. The fourth-order valence-electron chi connectivity index (χ4n) is 4.64. The number of aromatic nitrogens is 3. The lowest BCUT2D eigenvalue weighted by Gasteiger charge is -2.40. The minimum absolute atomic E-state index is 0.0112. The number of H-pyrrole nitrogens is 1. The third kappa shape index (κ3) is 3.65. The molecule has 2 atom stereocenters. The first-order valence-corrected chi connectivity index (χ1v) is 10.7. The molecule has 3 N–H and O–H groups in total. The van der Waals surface area contributed by atoms with Crippen LogP contribution in [-0.2, 0) is 28.1 Å². The van der Waals surface area contributed by atoms with Gasteiger partial charge in [-0.1, -0.05) is 20.3 Å². The number of carboxylic acid groups (broad SMARTS) is 1. The molecule has 31 heavy (non-hydrogen) atoms. The molecular formula is C23H29N3O5. The molecule has 0 unspecified atom stereocenters. The summed E-state index contributed by atoms with van der Waals surface area (Å²) in [5.74, 6) is -0.204. The topological polar surface area (TPSA) is 110 Å². The van der Waals surface area contributed by atoms with Crippen LogP contribution < -0.4 is 4.74 Å². The molecule has 1 aliphatic heterocycles. The normalized spacial score (nSPS) is 19.3. The maximum atomic E-state index is 11.8. The molecule has 8 heteroatoms. The fraction of sp³-hybridized carbons (Fsp3) is 0.478. The summed E-state index contributed by atoms with van der Waals surface area (Å²) in [6, 6.07) is 3.50. The highest BCUT2D eigenvalue weighted by atomic mass is 16.5. The van der Waals surface area contributed by atoms with Crippen LogP contribution in [0.2, 0.25) is 0 Å². The number of phenolic OH excluding ortho intramolecular Hbond substituents is 1. The minimum Gasteiger partial charge on any atom is -0.507 e. The van der Waals surface area contributed by atoms with E-state index in [1.807, 2.05) is 33.0 Å². The van der Waals surface area contributed by atoms with Gasteiger partial charge in [0.15, 0.2) is 0 Å². The standard InChI is InChI=1S/C23H29N3O5/c1-4-14(2)23(13-19(28)29)22-16(6-10-31-23)20-17(27)12-18(15(3)21(20)25-22)30-11-9-26-8-5-7-24-26/h5,7-8,12,14,25,27H,4,6,9-11,13H2,1-3H3,(H,28,29)/t14-,23-/m0/s1. The Morgan fingerprint density at radius 3 is 2.97 bits per heavy atom. The zero-order valence-corrected chi connectivity index (χ0v) is 18.1. The van der Waals surface area contributed by atoms with Gasteiger partial charge in [0.1, 0.15) is 23.7 Å². The number of fused-ring (bicyclic) bond motifs is 3. The number of aromatic hydroxyl groups is 1. The first kappa shape index (κ1) is 21.2. The van der Waals surface area contributed by atoms with E-state index in [1.54, 1.807) is 16.9 Å². The maximum Gasteiger partial charge on any atom is 0.306 e. The number of aliphatic carboxylic acids is 1. The van der Waals surface area contributed by atoms with Crippen LogP contribution in [0.15, 0.2) is 24.5 Å². The predicted molar refractivity (Wildman–Crippen MR) is 115 cm³/mol. The van der Waals surface area contributed by atoms with E-state index in [0.717, 1.165) is 34.1 Å². The highest BCUT2D eigenvalue weighted by Crippen LogP contribution is 2.48. The molecule has 0 bridgehead atoms. The van der Waals surface area contributed by atoms with Gasteiger partial charge in [-0.2, -0.15) is 5.10 Å². The van der Waals surface area contributed by atoms with Gasteiger partial charge in [-0.25, -0.2) is 0 Å². The number of benzene rings is 1. The van der Waals surface area contributed by atoms with Gasteiger partial charge in [0.05, 0.1) is 30.8 Å². The average molecular weight is 428 g/mol. The van der Waals surface area contributed by atoms with Gasteiger partial charge in [-0.05, 0) is 30.9 Å². The molecule has 1 aromatic carbocycles. The van der Waals surface area contributed by atoms with Gasteiger partial charge in [-0.15, -0.1) is 0 Å². The number of aryl methyl sites for hydroxylation is 1. The molecule has 2 aromatic heterocycles. The van der Waals surface area contributed by atoms with Crippen LogP contribution in [0.5, 0.6) is 11.5 Å². The number of aromatic amines is 1. The number of carbonyl (C=O) groups is 1. The van der Waals surface area contributed by atoms with Crippen LogP contribution in [0.25, 0.3) is 10.9 Å². The molecule has 8 nitrogen and oxygen atoms in total. The van der Waals surface area contributed by atoms with Crippen molar-refractivity contribution in [1.82, 2.24) is 14.8 Å². The Balaban J connectivity index is 1.76. The quantitative estimate of drug-likeness (QED) is 0.505. The molecule has 3 heterocycles. The van der Waals surface area contributed by atoms with E-state index in [9.17, 15) is 15.0 Å².